The van der Waals surface area contributed by atoms with Gasteiger partial charge in [0.25, 0.3) is 5.91 Å². The minimum atomic E-state index is -0.316. The zero-order chi connectivity index (χ0) is 19.9. The number of hydrogen-bond acceptors (Lipinski definition) is 3. The normalized spacial score (nSPS) is 11.6. The van der Waals surface area contributed by atoms with Crippen LogP contribution in [0.1, 0.15) is 39.0 Å². The van der Waals surface area contributed by atoms with E-state index in [1.54, 1.807) is 19.9 Å². The molecule has 3 aromatic rings. The van der Waals surface area contributed by atoms with Crippen molar-refractivity contribution in [2.24, 2.45) is 0 Å². The van der Waals surface area contributed by atoms with Gasteiger partial charge in [-0.25, -0.2) is 0 Å². The van der Waals surface area contributed by atoms with Gasteiger partial charge in [0.1, 0.15) is 11.5 Å². The molecule has 3 rings (SSSR count). The smallest absolute Gasteiger partial charge is 0.255 e. The van der Waals surface area contributed by atoms with E-state index in [0.717, 1.165) is 11.1 Å². The largest absolute Gasteiger partial charge is 0.466 e. The highest BCUT2D eigenvalue weighted by Gasteiger charge is 2.17. The van der Waals surface area contributed by atoms with Crippen molar-refractivity contribution in [3.05, 3.63) is 94.9 Å². The summed E-state index contributed by atoms with van der Waals surface area (Å²) in [6, 6.07) is 21.3. The van der Waals surface area contributed by atoms with E-state index in [-0.39, 0.29) is 24.4 Å². The van der Waals surface area contributed by atoms with Crippen LogP contribution < -0.4 is 10.6 Å². The van der Waals surface area contributed by atoms with E-state index in [9.17, 15) is 9.59 Å². The molecule has 28 heavy (non-hydrogen) atoms. The van der Waals surface area contributed by atoms with Gasteiger partial charge in [0.05, 0.1) is 18.2 Å². The summed E-state index contributed by atoms with van der Waals surface area (Å²) in [6.07, 6.45) is 0.671. The highest BCUT2D eigenvalue weighted by atomic mass is 16.3. The van der Waals surface area contributed by atoms with Crippen LogP contribution in [0, 0.1) is 13.8 Å². The Bertz CT molecular complexity index is 933. The molecule has 0 fully saturated rings. The molecular weight excluding hydrogens is 352 g/mol. The molecule has 0 saturated heterocycles. The maximum absolute atomic E-state index is 12.5. The van der Waals surface area contributed by atoms with Crippen LogP contribution in [0.25, 0.3) is 0 Å². The lowest BCUT2D eigenvalue weighted by Gasteiger charge is -2.20. The Morgan fingerprint density at radius 1 is 0.964 bits per heavy atom. The second-order valence-electron chi connectivity index (χ2n) is 6.73. The third kappa shape index (κ3) is 5.10. The number of carbonyl (C=O) groups is 2. The second kappa shape index (κ2) is 9.04. The molecule has 5 heteroatoms. The molecule has 0 spiro atoms. The van der Waals surface area contributed by atoms with Gasteiger partial charge < -0.3 is 15.1 Å². The summed E-state index contributed by atoms with van der Waals surface area (Å²) >= 11 is 0. The third-order valence-corrected chi connectivity index (χ3v) is 4.51. The molecule has 5 nitrogen and oxygen atoms in total. The SMILES string of the molecule is Cc1cc(C(=O)NCC(=O)NC(Cc2ccccc2)c2ccccc2)c(C)o1. The third-order valence-electron chi connectivity index (χ3n) is 4.51. The van der Waals surface area contributed by atoms with Crippen molar-refractivity contribution in [2.75, 3.05) is 6.54 Å². The Morgan fingerprint density at radius 2 is 1.61 bits per heavy atom. The highest BCUT2D eigenvalue weighted by molar-refractivity contribution is 5.97. The van der Waals surface area contributed by atoms with Crippen LogP contribution in [-0.4, -0.2) is 18.4 Å². The summed E-state index contributed by atoms with van der Waals surface area (Å²) < 4.78 is 5.37. The number of rotatable bonds is 7. The van der Waals surface area contributed by atoms with E-state index in [4.69, 9.17) is 4.42 Å². The van der Waals surface area contributed by atoms with Crippen LogP contribution in [0.15, 0.2) is 71.1 Å². The molecule has 1 unspecified atom stereocenters. The molecule has 1 aromatic heterocycles. The van der Waals surface area contributed by atoms with Gasteiger partial charge in [-0.1, -0.05) is 60.7 Å². The van der Waals surface area contributed by atoms with E-state index < -0.39 is 0 Å². The number of hydrogen-bond donors (Lipinski definition) is 2. The highest BCUT2D eigenvalue weighted by Crippen LogP contribution is 2.18. The van der Waals surface area contributed by atoms with E-state index in [1.165, 1.54) is 0 Å². The molecule has 1 atom stereocenters. The van der Waals surface area contributed by atoms with Gasteiger partial charge in [0, 0.05) is 0 Å². The fourth-order valence-electron chi connectivity index (χ4n) is 3.14. The zero-order valence-electron chi connectivity index (χ0n) is 16.1. The minimum Gasteiger partial charge on any atom is -0.466 e. The summed E-state index contributed by atoms with van der Waals surface area (Å²) in [5.74, 6) is 0.653. The molecule has 0 aliphatic rings. The summed E-state index contributed by atoms with van der Waals surface area (Å²) in [5.41, 5.74) is 2.60. The fourth-order valence-corrected chi connectivity index (χ4v) is 3.14. The Morgan fingerprint density at radius 3 is 2.21 bits per heavy atom. The van der Waals surface area contributed by atoms with Crippen molar-refractivity contribution in [2.45, 2.75) is 26.3 Å². The van der Waals surface area contributed by atoms with Crippen LogP contribution in [0.3, 0.4) is 0 Å². The summed E-state index contributed by atoms with van der Waals surface area (Å²) in [7, 11) is 0. The van der Waals surface area contributed by atoms with Gasteiger partial charge in [-0.2, -0.15) is 0 Å². The monoisotopic (exact) mass is 376 g/mol. The predicted molar refractivity (Wildman–Crippen MR) is 108 cm³/mol. The van der Waals surface area contributed by atoms with Crippen LogP contribution in [-0.2, 0) is 11.2 Å². The Kier molecular flexibility index (Phi) is 6.27. The zero-order valence-corrected chi connectivity index (χ0v) is 16.1. The van der Waals surface area contributed by atoms with Gasteiger partial charge in [-0.05, 0) is 37.5 Å². The Labute approximate surface area is 164 Å². The first-order valence-corrected chi connectivity index (χ1v) is 9.26. The van der Waals surface area contributed by atoms with Crippen molar-refractivity contribution in [1.29, 1.82) is 0 Å². The lowest BCUT2D eigenvalue weighted by molar-refractivity contribution is -0.120. The standard InChI is InChI=1S/C23H24N2O3/c1-16-13-20(17(2)28-16)23(27)24-15-22(26)25-21(19-11-7-4-8-12-19)14-18-9-5-3-6-10-18/h3-13,21H,14-15H2,1-2H3,(H,24,27)(H,25,26). The number of furan rings is 1. The van der Waals surface area contributed by atoms with Crippen LogP contribution >= 0.6 is 0 Å². The molecule has 0 bridgehead atoms. The Hall–Kier alpha value is -3.34. The molecule has 2 N–H and O–H groups in total. The van der Waals surface area contributed by atoms with Gasteiger partial charge in [0.2, 0.25) is 5.91 Å². The van der Waals surface area contributed by atoms with Gasteiger partial charge in [-0.3, -0.25) is 9.59 Å². The maximum Gasteiger partial charge on any atom is 0.255 e. The second-order valence-corrected chi connectivity index (χ2v) is 6.73. The van der Waals surface area contributed by atoms with Crippen LogP contribution in [0.4, 0.5) is 0 Å². The summed E-state index contributed by atoms with van der Waals surface area (Å²) in [6.45, 7) is 3.42. The minimum absolute atomic E-state index is 0.0966. The number of benzene rings is 2. The topological polar surface area (TPSA) is 71.3 Å². The molecule has 0 radical (unpaired) electrons. The van der Waals surface area contributed by atoms with Crippen molar-refractivity contribution in [3.63, 3.8) is 0 Å². The Balaban J connectivity index is 1.64. The number of amides is 2. The lowest BCUT2D eigenvalue weighted by atomic mass is 9.99. The number of carbonyl (C=O) groups excluding carboxylic acids is 2. The first-order valence-electron chi connectivity index (χ1n) is 9.26. The summed E-state index contributed by atoms with van der Waals surface area (Å²) in [5, 5.41) is 5.69. The molecule has 2 aromatic carbocycles. The first kappa shape index (κ1) is 19.4. The molecular formula is C23H24N2O3. The average molecular weight is 376 g/mol. The number of nitrogens with one attached hydrogen (secondary N) is 2. The molecule has 2 amide bonds. The molecule has 0 aliphatic heterocycles. The van der Waals surface area contributed by atoms with Crippen LogP contribution in [0.2, 0.25) is 0 Å². The van der Waals surface area contributed by atoms with E-state index in [2.05, 4.69) is 10.6 Å². The van der Waals surface area contributed by atoms with Gasteiger partial charge >= 0.3 is 0 Å². The number of aryl methyl sites for hydroxylation is 2. The van der Waals surface area contributed by atoms with Crippen LogP contribution in [0.5, 0.6) is 0 Å². The van der Waals surface area contributed by atoms with E-state index in [0.29, 0.717) is 23.5 Å². The molecule has 0 saturated carbocycles. The quantitative estimate of drug-likeness (QED) is 0.660. The van der Waals surface area contributed by atoms with Crippen molar-refractivity contribution >= 4 is 11.8 Å². The van der Waals surface area contributed by atoms with E-state index in [1.807, 2.05) is 60.7 Å². The molecule has 1 heterocycles. The van der Waals surface area contributed by atoms with Gasteiger partial charge in [-0.15, -0.1) is 0 Å². The van der Waals surface area contributed by atoms with Crippen molar-refractivity contribution in [1.82, 2.24) is 10.6 Å². The lowest BCUT2D eigenvalue weighted by Crippen LogP contribution is -2.39. The van der Waals surface area contributed by atoms with E-state index >= 15 is 0 Å². The molecule has 0 aliphatic carbocycles. The van der Waals surface area contributed by atoms with Crippen molar-refractivity contribution in [3.8, 4) is 0 Å². The molecule has 144 valence electrons. The predicted octanol–water partition coefficient (Wildman–Crippen LogP) is 3.73. The first-order chi connectivity index (χ1) is 13.5. The van der Waals surface area contributed by atoms with Gasteiger partial charge in [0.15, 0.2) is 0 Å². The fraction of sp³-hybridized carbons (Fsp3) is 0.217. The summed E-state index contributed by atoms with van der Waals surface area (Å²) in [4.78, 5) is 24.8. The van der Waals surface area contributed by atoms with Crippen molar-refractivity contribution < 1.29 is 14.0 Å². The maximum atomic E-state index is 12.5. The average Bonchev–Trinajstić information content (AvgIpc) is 3.05.